The van der Waals surface area contributed by atoms with Crippen LogP contribution in [-0.4, -0.2) is 32.7 Å². The second kappa shape index (κ2) is 18.2. The number of allylic oxidation sites excluding steroid dienone is 4. The molecule has 0 radical (unpaired) electrons. The Morgan fingerprint density at radius 2 is 1.44 bits per heavy atom. The minimum atomic E-state index is 0.338. The molecule has 3 heteroatoms. The van der Waals surface area contributed by atoms with Gasteiger partial charge in [0, 0.05) is 6.61 Å². The van der Waals surface area contributed by atoms with Gasteiger partial charge in [0.15, 0.2) is 0 Å². The van der Waals surface area contributed by atoms with Crippen LogP contribution in [0.25, 0.3) is 0 Å². The predicted octanol–water partition coefficient (Wildman–Crippen LogP) is 6.19. The van der Waals surface area contributed by atoms with Crippen molar-refractivity contribution < 1.29 is 14.2 Å². The van der Waals surface area contributed by atoms with Crippen LogP contribution in [0.2, 0.25) is 0 Å². The van der Waals surface area contributed by atoms with Gasteiger partial charge in [-0.2, -0.15) is 0 Å². The summed E-state index contributed by atoms with van der Waals surface area (Å²) in [5.41, 5.74) is 0. The lowest BCUT2D eigenvalue weighted by molar-refractivity contribution is -0.0584. The standard InChI is InChI=1S/C22H40O3/c1-2-3-4-5-6-7-8-9-10-11-12-13-14-15-16-17-18-23-21-24-19-22-20-25-22/h6-7,9-10,22H,2-5,8,11-21H2,1H3. The van der Waals surface area contributed by atoms with Crippen LogP contribution in [0.3, 0.4) is 0 Å². The zero-order chi connectivity index (χ0) is 17.8. The fraction of sp³-hybridized carbons (Fsp3) is 0.818. The molecule has 0 aromatic heterocycles. The smallest absolute Gasteiger partial charge is 0.146 e. The molecule has 0 spiro atoms. The summed E-state index contributed by atoms with van der Waals surface area (Å²) in [5.74, 6) is 0. The first-order valence-corrected chi connectivity index (χ1v) is 10.5. The highest BCUT2D eigenvalue weighted by molar-refractivity contribution is 4.92. The van der Waals surface area contributed by atoms with Crippen LogP contribution in [0, 0.1) is 0 Å². The fourth-order valence-electron chi connectivity index (χ4n) is 2.65. The summed E-state index contributed by atoms with van der Waals surface area (Å²) in [6.07, 6.45) is 25.0. The SMILES string of the molecule is CCCCCC=CCC=CCCCCCCCCOCOCC1CO1. The molecular weight excluding hydrogens is 312 g/mol. The van der Waals surface area contributed by atoms with Crippen molar-refractivity contribution in [1.82, 2.24) is 0 Å². The van der Waals surface area contributed by atoms with E-state index in [0.717, 1.165) is 26.1 Å². The molecule has 0 aromatic carbocycles. The second-order valence-electron chi connectivity index (χ2n) is 6.94. The summed E-state index contributed by atoms with van der Waals surface area (Å²) in [7, 11) is 0. The fourth-order valence-corrected chi connectivity index (χ4v) is 2.65. The van der Waals surface area contributed by atoms with Crippen LogP contribution in [0.4, 0.5) is 0 Å². The first-order valence-electron chi connectivity index (χ1n) is 10.5. The van der Waals surface area contributed by atoms with Gasteiger partial charge in [-0.3, -0.25) is 0 Å². The summed E-state index contributed by atoms with van der Waals surface area (Å²) < 4.78 is 15.8. The van der Waals surface area contributed by atoms with E-state index in [1.165, 1.54) is 64.2 Å². The van der Waals surface area contributed by atoms with Crippen molar-refractivity contribution in [1.29, 1.82) is 0 Å². The average Bonchev–Trinajstić information content (AvgIpc) is 3.44. The third-order valence-corrected chi connectivity index (χ3v) is 4.36. The van der Waals surface area contributed by atoms with Crippen LogP contribution in [0.5, 0.6) is 0 Å². The molecule has 0 bridgehead atoms. The molecule has 1 aliphatic heterocycles. The molecule has 1 heterocycles. The van der Waals surface area contributed by atoms with Gasteiger partial charge in [-0.1, -0.05) is 69.8 Å². The lowest BCUT2D eigenvalue weighted by atomic mass is 10.1. The normalized spacial score (nSPS) is 17.1. The van der Waals surface area contributed by atoms with Gasteiger partial charge in [0.2, 0.25) is 0 Å². The van der Waals surface area contributed by atoms with E-state index < -0.39 is 0 Å². The predicted molar refractivity (Wildman–Crippen MR) is 106 cm³/mol. The van der Waals surface area contributed by atoms with E-state index in [9.17, 15) is 0 Å². The molecule has 0 saturated carbocycles. The first kappa shape index (κ1) is 22.4. The lowest BCUT2D eigenvalue weighted by Crippen LogP contribution is -2.06. The molecule has 1 fully saturated rings. The quantitative estimate of drug-likeness (QED) is 0.120. The molecule has 1 unspecified atom stereocenters. The van der Waals surface area contributed by atoms with E-state index in [1.54, 1.807) is 0 Å². The van der Waals surface area contributed by atoms with Crippen molar-refractivity contribution in [3.05, 3.63) is 24.3 Å². The highest BCUT2D eigenvalue weighted by Gasteiger charge is 2.21. The minimum Gasteiger partial charge on any atom is -0.371 e. The number of unbranched alkanes of at least 4 members (excludes halogenated alkanes) is 9. The van der Waals surface area contributed by atoms with Gasteiger partial charge >= 0.3 is 0 Å². The van der Waals surface area contributed by atoms with Crippen molar-refractivity contribution in [3.8, 4) is 0 Å². The topological polar surface area (TPSA) is 31.0 Å². The Hall–Kier alpha value is -0.640. The molecule has 1 aliphatic rings. The zero-order valence-electron chi connectivity index (χ0n) is 16.4. The Balaban J connectivity index is 1.67. The molecule has 1 rings (SSSR count). The molecule has 0 N–H and O–H groups in total. The summed E-state index contributed by atoms with van der Waals surface area (Å²) >= 11 is 0. The molecule has 1 atom stereocenters. The maximum Gasteiger partial charge on any atom is 0.146 e. The summed E-state index contributed by atoms with van der Waals surface area (Å²) in [6, 6.07) is 0. The molecule has 0 aliphatic carbocycles. The number of epoxide rings is 1. The number of hydrogen-bond donors (Lipinski definition) is 0. The van der Waals surface area contributed by atoms with Crippen LogP contribution in [0.1, 0.15) is 84.0 Å². The summed E-state index contributed by atoms with van der Waals surface area (Å²) in [4.78, 5) is 0. The van der Waals surface area contributed by atoms with Crippen molar-refractivity contribution in [2.75, 3.05) is 26.6 Å². The van der Waals surface area contributed by atoms with Crippen LogP contribution in [-0.2, 0) is 14.2 Å². The molecule has 3 nitrogen and oxygen atoms in total. The number of hydrogen-bond acceptors (Lipinski definition) is 3. The van der Waals surface area contributed by atoms with Gasteiger partial charge in [-0.05, 0) is 38.5 Å². The van der Waals surface area contributed by atoms with E-state index in [1.807, 2.05) is 0 Å². The van der Waals surface area contributed by atoms with Crippen molar-refractivity contribution in [2.45, 2.75) is 90.1 Å². The van der Waals surface area contributed by atoms with Crippen LogP contribution < -0.4 is 0 Å². The first-order chi connectivity index (χ1) is 12.4. The van der Waals surface area contributed by atoms with Crippen LogP contribution in [0.15, 0.2) is 24.3 Å². The third kappa shape index (κ3) is 18.0. The van der Waals surface area contributed by atoms with Gasteiger partial charge in [0.1, 0.15) is 12.9 Å². The van der Waals surface area contributed by atoms with Gasteiger partial charge in [0.05, 0.1) is 13.2 Å². The Morgan fingerprint density at radius 1 is 0.800 bits per heavy atom. The zero-order valence-corrected chi connectivity index (χ0v) is 16.4. The lowest BCUT2D eigenvalue weighted by Gasteiger charge is -2.04. The Kier molecular flexibility index (Phi) is 16.3. The van der Waals surface area contributed by atoms with Gasteiger partial charge in [-0.15, -0.1) is 0 Å². The van der Waals surface area contributed by atoms with E-state index in [-0.39, 0.29) is 0 Å². The highest BCUT2D eigenvalue weighted by Crippen LogP contribution is 2.09. The molecule has 0 aromatic rings. The molecular formula is C22H40O3. The van der Waals surface area contributed by atoms with E-state index in [2.05, 4.69) is 31.2 Å². The van der Waals surface area contributed by atoms with Gasteiger partial charge in [-0.25, -0.2) is 0 Å². The van der Waals surface area contributed by atoms with E-state index >= 15 is 0 Å². The Labute approximate surface area is 155 Å². The largest absolute Gasteiger partial charge is 0.371 e. The molecule has 146 valence electrons. The monoisotopic (exact) mass is 352 g/mol. The van der Waals surface area contributed by atoms with E-state index in [4.69, 9.17) is 14.2 Å². The average molecular weight is 353 g/mol. The van der Waals surface area contributed by atoms with Crippen molar-refractivity contribution in [2.24, 2.45) is 0 Å². The molecule has 25 heavy (non-hydrogen) atoms. The van der Waals surface area contributed by atoms with Crippen molar-refractivity contribution in [3.63, 3.8) is 0 Å². The molecule has 1 saturated heterocycles. The maximum absolute atomic E-state index is 5.44. The summed E-state index contributed by atoms with van der Waals surface area (Å²) in [5, 5.41) is 0. The van der Waals surface area contributed by atoms with Gasteiger partial charge < -0.3 is 14.2 Å². The van der Waals surface area contributed by atoms with Crippen molar-refractivity contribution >= 4 is 0 Å². The summed E-state index contributed by atoms with van der Waals surface area (Å²) in [6.45, 7) is 5.03. The van der Waals surface area contributed by atoms with Crippen LogP contribution >= 0.6 is 0 Å². The minimum absolute atomic E-state index is 0.338. The van der Waals surface area contributed by atoms with E-state index in [0.29, 0.717) is 19.5 Å². The maximum atomic E-state index is 5.44. The second-order valence-corrected chi connectivity index (χ2v) is 6.94. The van der Waals surface area contributed by atoms with Gasteiger partial charge in [0.25, 0.3) is 0 Å². The Morgan fingerprint density at radius 3 is 2.12 bits per heavy atom. The molecule has 0 amide bonds. The Bertz CT molecular complexity index is 321. The highest BCUT2D eigenvalue weighted by atomic mass is 16.7. The third-order valence-electron chi connectivity index (χ3n) is 4.36. The number of ether oxygens (including phenoxy) is 3. The number of rotatable bonds is 19.